The Bertz CT molecular complexity index is 568. The van der Waals surface area contributed by atoms with Gasteiger partial charge in [-0.25, -0.2) is 0 Å². The van der Waals surface area contributed by atoms with Crippen LogP contribution in [0.3, 0.4) is 0 Å². The van der Waals surface area contributed by atoms with Crippen LogP contribution in [-0.4, -0.2) is 37.8 Å². The zero-order chi connectivity index (χ0) is 16.9. The Hall–Kier alpha value is -1.59. The van der Waals surface area contributed by atoms with Crippen LogP contribution in [0.5, 0.6) is 5.75 Å². The van der Waals surface area contributed by atoms with Crippen molar-refractivity contribution in [2.24, 2.45) is 5.92 Å². The summed E-state index contributed by atoms with van der Waals surface area (Å²) in [7, 11) is 0. The van der Waals surface area contributed by atoms with Gasteiger partial charge < -0.3 is 20.1 Å². The van der Waals surface area contributed by atoms with Crippen molar-refractivity contribution in [1.29, 1.82) is 0 Å². The topological polar surface area (TPSA) is 59.6 Å². The summed E-state index contributed by atoms with van der Waals surface area (Å²) >= 11 is 0. The number of hydrogen-bond donors (Lipinski definition) is 2. The first-order valence-electron chi connectivity index (χ1n) is 9.04. The maximum atomic E-state index is 12.8. The maximum Gasteiger partial charge on any atom is 0.241 e. The van der Waals surface area contributed by atoms with Crippen molar-refractivity contribution in [2.45, 2.75) is 51.6 Å². The molecule has 2 aliphatic heterocycles. The molecule has 1 aromatic carbocycles. The highest BCUT2D eigenvalue weighted by Crippen LogP contribution is 2.27. The van der Waals surface area contributed by atoms with Gasteiger partial charge in [-0.3, -0.25) is 4.79 Å². The summed E-state index contributed by atoms with van der Waals surface area (Å²) < 4.78 is 11.0. The standard InChI is InChI=1S/C19H28N2O3/c1-13(2)18(20-15-7-10-23-11-8-15)19(22)21-16-5-6-17-14(12-16)4-3-9-24-17/h5-6,12-13,15,18,20H,3-4,7-11H2,1-2H3,(H,21,22). The molecule has 0 radical (unpaired) electrons. The number of hydrogen-bond acceptors (Lipinski definition) is 4. The SMILES string of the molecule is CC(C)C(NC1CCOCC1)C(=O)Nc1ccc2c(c1)CCCO2. The van der Waals surface area contributed by atoms with Crippen LogP contribution in [0.1, 0.15) is 38.7 Å². The molecule has 5 nitrogen and oxygen atoms in total. The van der Waals surface area contributed by atoms with Gasteiger partial charge in [0.25, 0.3) is 0 Å². The molecule has 1 unspecified atom stereocenters. The van der Waals surface area contributed by atoms with Gasteiger partial charge in [-0.2, -0.15) is 0 Å². The predicted molar refractivity (Wildman–Crippen MR) is 94.5 cm³/mol. The molecule has 132 valence electrons. The van der Waals surface area contributed by atoms with Gasteiger partial charge in [0, 0.05) is 24.9 Å². The first-order valence-corrected chi connectivity index (χ1v) is 9.04. The fraction of sp³-hybridized carbons (Fsp3) is 0.632. The number of carbonyl (C=O) groups is 1. The average molecular weight is 332 g/mol. The van der Waals surface area contributed by atoms with E-state index in [9.17, 15) is 4.79 Å². The van der Waals surface area contributed by atoms with Crippen LogP contribution < -0.4 is 15.4 Å². The third-order valence-electron chi connectivity index (χ3n) is 4.76. The summed E-state index contributed by atoms with van der Waals surface area (Å²) in [5.74, 6) is 1.21. The third kappa shape index (κ3) is 4.28. The number of carbonyl (C=O) groups excluding carboxylic acids is 1. The molecule has 1 saturated heterocycles. The minimum atomic E-state index is -0.194. The molecule has 1 aromatic rings. The summed E-state index contributed by atoms with van der Waals surface area (Å²) in [6.07, 6.45) is 3.97. The second-order valence-electron chi connectivity index (χ2n) is 7.04. The van der Waals surface area contributed by atoms with Crippen LogP contribution in [0, 0.1) is 5.92 Å². The molecule has 0 spiro atoms. The van der Waals surface area contributed by atoms with Gasteiger partial charge in [0.15, 0.2) is 0 Å². The maximum absolute atomic E-state index is 12.8. The van der Waals surface area contributed by atoms with Crippen LogP contribution in [-0.2, 0) is 16.0 Å². The zero-order valence-electron chi connectivity index (χ0n) is 14.6. The third-order valence-corrected chi connectivity index (χ3v) is 4.76. The lowest BCUT2D eigenvalue weighted by atomic mass is 9.99. The quantitative estimate of drug-likeness (QED) is 0.870. The summed E-state index contributed by atoms with van der Waals surface area (Å²) in [4.78, 5) is 12.8. The number of amides is 1. The van der Waals surface area contributed by atoms with Gasteiger partial charge in [-0.1, -0.05) is 13.8 Å². The van der Waals surface area contributed by atoms with Crippen molar-refractivity contribution in [2.75, 3.05) is 25.1 Å². The molecule has 2 heterocycles. The molecular formula is C19H28N2O3. The molecule has 5 heteroatoms. The van der Waals surface area contributed by atoms with Crippen molar-refractivity contribution >= 4 is 11.6 Å². The summed E-state index contributed by atoms with van der Waals surface area (Å²) in [6.45, 7) is 6.49. The van der Waals surface area contributed by atoms with E-state index in [-0.39, 0.29) is 17.9 Å². The molecule has 2 N–H and O–H groups in total. The predicted octanol–water partition coefficient (Wildman–Crippen LogP) is 2.74. The van der Waals surface area contributed by atoms with Gasteiger partial charge in [0.1, 0.15) is 5.75 Å². The van der Waals surface area contributed by atoms with E-state index in [1.807, 2.05) is 18.2 Å². The van der Waals surface area contributed by atoms with Crippen LogP contribution in [0.15, 0.2) is 18.2 Å². The van der Waals surface area contributed by atoms with Crippen molar-refractivity contribution in [3.8, 4) is 5.75 Å². The molecule has 0 aliphatic carbocycles. The number of rotatable bonds is 5. The van der Waals surface area contributed by atoms with E-state index in [0.29, 0.717) is 6.04 Å². The van der Waals surface area contributed by atoms with E-state index in [1.165, 1.54) is 5.56 Å². The molecule has 1 fully saturated rings. The second kappa shape index (κ2) is 7.99. The van der Waals surface area contributed by atoms with Crippen LogP contribution in [0.2, 0.25) is 0 Å². The van der Waals surface area contributed by atoms with E-state index >= 15 is 0 Å². The number of anilines is 1. The lowest BCUT2D eigenvalue weighted by Crippen LogP contribution is -2.50. The number of fused-ring (bicyclic) bond motifs is 1. The highest BCUT2D eigenvalue weighted by molar-refractivity contribution is 5.95. The zero-order valence-corrected chi connectivity index (χ0v) is 14.6. The summed E-state index contributed by atoms with van der Waals surface area (Å²) in [5.41, 5.74) is 2.03. The van der Waals surface area contributed by atoms with Gasteiger partial charge in [-0.05, 0) is 55.4 Å². The first-order chi connectivity index (χ1) is 11.6. The fourth-order valence-corrected chi connectivity index (χ4v) is 3.35. The number of benzene rings is 1. The van der Waals surface area contributed by atoms with Gasteiger partial charge in [-0.15, -0.1) is 0 Å². The van der Waals surface area contributed by atoms with E-state index in [2.05, 4.69) is 24.5 Å². The van der Waals surface area contributed by atoms with Gasteiger partial charge in [0.05, 0.1) is 12.6 Å². The summed E-state index contributed by atoms with van der Waals surface area (Å²) in [5, 5.41) is 6.60. The molecule has 24 heavy (non-hydrogen) atoms. The monoisotopic (exact) mass is 332 g/mol. The molecule has 0 bridgehead atoms. The Morgan fingerprint density at radius 2 is 2.00 bits per heavy atom. The number of aryl methyl sites for hydroxylation is 1. The minimum Gasteiger partial charge on any atom is -0.493 e. The Morgan fingerprint density at radius 3 is 2.75 bits per heavy atom. The molecule has 1 atom stereocenters. The van der Waals surface area contributed by atoms with E-state index < -0.39 is 0 Å². The highest BCUT2D eigenvalue weighted by atomic mass is 16.5. The molecule has 1 amide bonds. The van der Waals surface area contributed by atoms with Crippen LogP contribution >= 0.6 is 0 Å². The van der Waals surface area contributed by atoms with Gasteiger partial charge in [0.2, 0.25) is 5.91 Å². The van der Waals surface area contributed by atoms with Crippen LogP contribution in [0.25, 0.3) is 0 Å². The molecular weight excluding hydrogens is 304 g/mol. The molecule has 0 aromatic heterocycles. The lowest BCUT2D eigenvalue weighted by Gasteiger charge is -2.30. The largest absolute Gasteiger partial charge is 0.493 e. The Balaban J connectivity index is 1.64. The highest BCUT2D eigenvalue weighted by Gasteiger charge is 2.26. The average Bonchev–Trinajstić information content (AvgIpc) is 2.60. The van der Waals surface area contributed by atoms with Gasteiger partial charge >= 0.3 is 0 Å². The van der Waals surface area contributed by atoms with Crippen molar-refractivity contribution in [1.82, 2.24) is 5.32 Å². The normalized spacial score (nSPS) is 19.5. The molecule has 3 rings (SSSR count). The number of ether oxygens (including phenoxy) is 2. The Kier molecular flexibility index (Phi) is 5.74. The molecule has 2 aliphatic rings. The first kappa shape index (κ1) is 17.2. The van der Waals surface area contributed by atoms with Crippen molar-refractivity contribution in [3.05, 3.63) is 23.8 Å². The fourth-order valence-electron chi connectivity index (χ4n) is 3.35. The lowest BCUT2D eigenvalue weighted by molar-refractivity contribution is -0.119. The minimum absolute atomic E-state index is 0.0353. The Morgan fingerprint density at radius 1 is 1.21 bits per heavy atom. The Labute approximate surface area is 144 Å². The van der Waals surface area contributed by atoms with E-state index in [0.717, 1.165) is 56.9 Å². The van der Waals surface area contributed by atoms with E-state index in [4.69, 9.17) is 9.47 Å². The number of nitrogens with one attached hydrogen (secondary N) is 2. The summed E-state index contributed by atoms with van der Waals surface area (Å²) in [6, 6.07) is 6.08. The second-order valence-corrected chi connectivity index (χ2v) is 7.04. The molecule has 0 saturated carbocycles. The smallest absolute Gasteiger partial charge is 0.241 e. The van der Waals surface area contributed by atoms with Crippen LogP contribution in [0.4, 0.5) is 5.69 Å². The van der Waals surface area contributed by atoms with Crippen molar-refractivity contribution in [3.63, 3.8) is 0 Å². The van der Waals surface area contributed by atoms with Crippen molar-refractivity contribution < 1.29 is 14.3 Å². The van der Waals surface area contributed by atoms with E-state index in [1.54, 1.807) is 0 Å².